The van der Waals surface area contributed by atoms with Gasteiger partial charge in [0.15, 0.2) is 0 Å². The molecule has 0 fully saturated rings. The smallest absolute Gasteiger partial charge is 0.264 e. The van der Waals surface area contributed by atoms with Crippen LogP contribution >= 0.6 is 0 Å². The molecule has 2 amide bonds. The zero-order valence-corrected chi connectivity index (χ0v) is 25.8. The van der Waals surface area contributed by atoms with Gasteiger partial charge in [0.25, 0.3) is 10.0 Å². The highest BCUT2D eigenvalue weighted by Crippen LogP contribution is 2.36. The van der Waals surface area contributed by atoms with Crippen LogP contribution in [0.5, 0.6) is 11.5 Å². The molecule has 0 bridgehead atoms. The molecule has 0 heterocycles. The van der Waals surface area contributed by atoms with Crippen LogP contribution in [-0.2, 0) is 26.2 Å². The summed E-state index contributed by atoms with van der Waals surface area (Å²) in [7, 11) is -1.34. The Bertz CT molecular complexity index is 1430. The number of amides is 2. The van der Waals surface area contributed by atoms with E-state index >= 15 is 0 Å². The van der Waals surface area contributed by atoms with Gasteiger partial charge < -0.3 is 19.7 Å². The van der Waals surface area contributed by atoms with E-state index in [-0.39, 0.29) is 28.8 Å². The van der Waals surface area contributed by atoms with Crippen molar-refractivity contribution in [3.8, 4) is 11.5 Å². The number of carbonyl (C=O) groups is 2. The molecule has 1 N–H and O–H groups in total. The zero-order chi connectivity index (χ0) is 30.7. The monoisotopic (exact) mass is 595 g/mol. The first kappa shape index (κ1) is 32.5. The second kappa shape index (κ2) is 15.3. The number of hydrogen-bond donors (Lipinski definition) is 1. The standard InChI is InChI=1S/C32H41N3O6S/c1-6-8-20-33-32(37)28(7-2)34(22-25-16-14-24(3)15-17-25)31(36)23-35(42(38,39)27-12-10-9-11-13-27)29-21-26(40-4)18-19-30(29)41-5/h9-19,21,28H,6-8,20,22-23H2,1-5H3,(H,33,37)/t28-/m0/s1. The molecule has 0 unspecified atom stereocenters. The fourth-order valence-electron chi connectivity index (χ4n) is 4.54. The molecule has 9 nitrogen and oxygen atoms in total. The van der Waals surface area contributed by atoms with Crippen LogP contribution in [-0.4, -0.2) is 58.5 Å². The van der Waals surface area contributed by atoms with E-state index < -0.39 is 28.5 Å². The minimum atomic E-state index is -4.24. The van der Waals surface area contributed by atoms with E-state index in [4.69, 9.17) is 9.47 Å². The third-order valence-electron chi connectivity index (χ3n) is 6.95. The number of nitrogens with zero attached hydrogens (tertiary/aromatic N) is 2. The number of nitrogens with one attached hydrogen (secondary N) is 1. The number of carbonyl (C=O) groups excluding carboxylic acids is 2. The fourth-order valence-corrected chi connectivity index (χ4v) is 5.98. The Kier molecular flexibility index (Phi) is 11.8. The van der Waals surface area contributed by atoms with E-state index in [1.165, 1.54) is 37.3 Å². The molecule has 3 aromatic carbocycles. The second-order valence-corrected chi connectivity index (χ2v) is 11.8. The summed E-state index contributed by atoms with van der Waals surface area (Å²) in [6.45, 7) is 5.90. The Morgan fingerprint density at radius 1 is 0.929 bits per heavy atom. The number of unbranched alkanes of at least 4 members (excludes halogenated alkanes) is 1. The maximum atomic E-state index is 14.2. The molecule has 0 aromatic heterocycles. The highest BCUT2D eigenvalue weighted by Gasteiger charge is 2.35. The molecule has 0 radical (unpaired) electrons. The molecule has 3 aromatic rings. The molecule has 0 saturated carbocycles. The molecule has 3 rings (SSSR count). The Labute approximate surface area is 249 Å². The van der Waals surface area contributed by atoms with E-state index in [1.54, 1.807) is 30.3 Å². The topological polar surface area (TPSA) is 105 Å². The summed E-state index contributed by atoms with van der Waals surface area (Å²) in [5.74, 6) is -0.164. The molecular formula is C32H41N3O6S. The van der Waals surface area contributed by atoms with Crippen molar-refractivity contribution in [2.75, 3.05) is 31.6 Å². The van der Waals surface area contributed by atoms with Crippen LogP contribution in [0.4, 0.5) is 5.69 Å². The van der Waals surface area contributed by atoms with Crippen molar-refractivity contribution in [2.45, 2.75) is 57.5 Å². The van der Waals surface area contributed by atoms with Gasteiger partial charge in [-0.2, -0.15) is 0 Å². The van der Waals surface area contributed by atoms with Crippen molar-refractivity contribution in [3.05, 3.63) is 83.9 Å². The normalized spacial score (nSPS) is 11.8. The maximum Gasteiger partial charge on any atom is 0.264 e. The summed E-state index contributed by atoms with van der Waals surface area (Å²) < 4.78 is 40.1. The van der Waals surface area contributed by atoms with Gasteiger partial charge in [-0.05, 0) is 49.6 Å². The van der Waals surface area contributed by atoms with Crippen molar-refractivity contribution < 1.29 is 27.5 Å². The molecule has 0 saturated heterocycles. The largest absolute Gasteiger partial charge is 0.497 e. The first-order valence-corrected chi connectivity index (χ1v) is 15.5. The van der Waals surface area contributed by atoms with Crippen LogP contribution in [0, 0.1) is 6.92 Å². The molecule has 0 aliphatic carbocycles. The van der Waals surface area contributed by atoms with E-state index in [0.717, 1.165) is 28.3 Å². The Morgan fingerprint density at radius 2 is 1.62 bits per heavy atom. The molecular weight excluding hydrogens is 554 g/mol. The number of aryl methyl sites for hydroxylation is 1. The average Bonchev–Trinajstić information content (AvgIpc) is 3.00. The predicted octanol–water partition coefficient (Wildman–Crippen LogP) is 4.93. The third-order valence-corrected chi connectivity index (χ3v) is 8.73. The van der Waals surface area contributed by atoms with Crippen LogP contribution in [0.2, 0.25) is 0 Å². The number of benzene rings is 3. The van der Waals surface area contributed by atoms with E-state index in [1.807, 2.05) is 45.0 Å². The lowest BCUT2D eigenvalue weighted by Crippen LogP contribution is -2.52. The minimum Gasteiger partial charge on any atom is -0.497 e. The Hall–Kier alpha value is -4.05. The number of ether oxygens (including phenoxy) is 2. The lowest BCUT2D eigenvalue weighted by molar-refractivity contribution is -0.140. The number of methoxy groups -OCH3 is 2. The summed E-state index contributed by atoms with van der Waals surface area (Å²) in [6.07, 6.45) is 2.08. The van der Waals surface area contributed by atoms with Crippen molar-refractivity contribution in [3.63, 3.8) is 0 Å². The highest BCUT2D eigenvalue weighted by atomic mass is 32.2. The molecule has 0 spiro atoms. The van der Waals surface area contributed by atoms with Gasteiger partial charge in [0, 0.05) is 19.2 Å². The van der Waals surface area contributed by atoms with Crippen LogP contribution in [0.1, 0.15) is 44.2 Å². The van der Waals surface area contributed by atoms with E-state index in [9.17, 15) is 18.0 Å². The number of sulfonamides is 1. The van der Waals surface area contributed by atoms with Crippen LogP contribution in [0.15, 0.2) is 77.7 Å². The summed E-state index contributed by atoms with van der Waals surface area (Å²) in [5, 5.41) is 2.94. The Balaban J connectivity index is 2.10. The van der Waals surface area contributed by atoms with Crippen molar-refractivity contribution in [1.82, 2.24) is 10.2 Å². The van der Waals surface area contributed by atoms with Crippen molar-refractivity contribution in [1.29, 1.82) is 0 Å². The maximum absolute atomic E-state index is 14.2. The van der Waals surface area contributed by atoms with Gasteiger partial charge in [0.05, 0.1) is 24.8 Å². The average molecular weight is 596 g/mol. The fraction of sp³-hybridized carbons (Fsp3) is 0.375. The highest BCUT2D eigenvalue weighted by molar-refractivity contribution is 7.92. The van der Waals surface area contributed by atoms with Gasteiger partial charge in [-0.3, -0.25) is 13.9 Å². The minimum absolute atomic E-state index is 0.0112. The molecule has 1 atom stereocenters. The lowest BCUT2D eigenvalue weighted by Gasteiger charge is -2.33. The van der Waals surface area contributed by atoms with E-state index in [2.05, 4.69) is 5.32 Å². The molecule has 10 heteroatoms. The van der Waals surface area contributed by atoms with Crippen LogP contribution in [0.3, 0.4) is 0 Å². The molecule has 42 heavy (non-hydrogen) atoms. The van der Waals surface area contributed by atoms with Gasteiger partial charge >= 0.3 is 0 Å². The third kappa shape index (κ3) is 8.03. The van der Waals surface area contributed by atoms with Gasteiger partial charge in [0.1, 0.15) is 24.1 Å². The number of rotatable bonds is 15. The van der Waals surface area contributed by atoms with Crippen LogP contribution in [0.25, 0.3) is 0 Å². The summed E-state index contributed by atoms with van der Waals surface area (Å²) in [5.41, 5.74) is 2.03. The summed E-state index contributed by atoms with van der Waals surface area (Å²) in [4.78, 5) is 29.0. The number of anilines is 1. The molecule has 0 aliphatic rings. The quantitative estimate of drug-likeness (QED) is 0.250. The van der Waals surface area contributed by atoms with Gasteiger partial charge in [0.2, 0.25) is 11.8 Å². The summed E-state index contributed by atoms with van der Waals surface area (Å²) >= 11 is 0. The molecule has 0 aliphatic heterocycles. The SMILES string of the molecule is CCCCNC(=O)[C@H](CC)N(Cc1ccc(C)cc1)C(=O)CN(c1cc(OC)ccc1OC)S(=O)(=O)c1ccccc1. The van der Waals surface area contributed by atoms with E-state index in [0.29, 0.717) is 18.7 Å². The van der Waals surface area contributed by atoms with Crippen molar-refractivity contribution in [2.24, 2.45) is 0 Å². The summed E-state index contributed by atoms with van der Waals surface area (Å²) in [6, 6.07) is 19.5. The number of hydrogen-bond acceptors (Lipinski definition) is 6. The predicted molar refractivity (Wildman–Crippen MR) is 164 cm³/mol. The van der Waals surface area contributed by atoms with Gasteiger partial charge in [-0.25, -0.2) is 8.42 Å². The Morgan fingerprint density at radius 3 is 2.21 bits per heavy atom. The van der Waals surface area contributed by atoms with Crippen molar-refractivity contribution >= 4 is 27.5 Å². The van der Waals surface area contributed by atoms with Gasteiger partial charge in [-0.1, -0.05) is 68.3 Å². The first-order valence-electron chi connectivity index (χ1n) is 14.1. The molecule has 226 valence electrons. The second-order valence-electron chi connectivity index (χ2n) is 9.94. The lowest BCUT2D eigenvalue weighted by atomic mass is 10.1. The zero-order valence-electron chi connectivity index (χ0n) is 25.0. The van der Waals surface area contributed by atoms with Crippen LogP contribution < -0.4 is 19.1 Å². The first-order chi connectivity index (χ1) is 20.2. The van der Waals surface area contributed by atoms with Gasteiger partial charge in [-0.15, -0.1) is 0 Å².